The molecule has 0 amide bonds. The summed E-state index contributed by atoms with van der Waals surface area (Å²) in [7, 11) is 2.14. The van der Waals surface area contributed by atoms with Crippen LogP contribution in [0.1, 0.15) is 60.9 Å². The van der Waals surface area contributed by atoms with E-state index in [2.05, 4.69) is 46.3 Å². The highest BCUT2D eigenvalue weighted by molar-refractivity contribution is 7.11. The van der Waals surface area contributed by atoms with E-state index in [0.717, 1.165) is 79.6 Å². The molecule has 2 saturated heterocycles. The average molecular weight is 624 g/mol. The number of likely N-dealkylation sites (tertiary alicyclic amines) is 1. The molecular formula is C36H41N5O3S. The number of fused-ring (bicyclic) bond motifs is 1. The van der Waals surface area contributed by atoms with E-state index in [1.807, 2.05) is 41.1 Å². The van der Waals surface area contributed by atoms with Crippen LogP contribution in [0.3, 0.4) is 0 Å². The van der Waals surface area contributed by atoms with Crippen LogP contribution < -0.4 is 15.6 Å². The quantitative estimate of drug-likeness (QED) is 0.213. The molecule has 2 aliphatic heterocycles. The third-order valence-corrected chi connectivity index (χ3v) is 10.3. The average Bonchev–Trinajstić information content (AvgIpc) is 3.76. The summed E-state index contributed by atoms with van der Waals surface area (Å²) in [6, 6.07) is 12.0. The van der Waals surface area contributed by atoms with Crippen LogP contribution in [0.25, 0.3) is 22.2 Å². The van der Waals surface area contributed by atoms with Gasteiger partial charge in [0.2, 0.25) is 5.95 Å². The van der Waals surface area contributed by atoms with Crippen molar-refractivity contribution in [1.82, 2.24) is 19.4 Å². The van der Waals surface area contributed by atoms with Crippen molar-refractivity contribution < 1.29 is 9.47 Å². The molecule has 9 heteroatoms. The number of ether oxygens (including phenoxy) is 2. The molecule has 8 nitrogen and oxygen atoms in total. The lowest BCUT2D eigenvalue weighted by molar-refractivity contribution is 0.0808. The number of piperidine rings is 1. The van der Waals surface area contributed by atoms with Gasteiger partial charge in [-0.05, 0) is 123 Å². The fourth-order valence-electron chi connectivity index (χ4n) is 6.80. The van der Waals surface area contributed by atoms with Crippen LogP contribution in [-0.4, -0.2) is 58.9 Å². The molecule has 1 aromatic carbocycles. The number of anilines is 2. The number of hydrogen-bond acceptors (Lipinski definition) is 8. The second-order valence-corrected chi connectivity index (χ2v) is 13.4. The predicted molar refractivity (Wildman–Crippen MR) is 182 cm³/mol. The van der Waals surface area contributed by atoms with Crippen LogP contribution in [-0.2, 0) is 11.3 Å². The summed E-state index contributed by atoms with van der Waals surface area (Å²) in [5, 5.41) is 6.29. The van der Waals surface area contributed by atoms with Gasteiger partial charge in [0.25, 0.3) is 5.56 Å². The highest BCUT2D eigenvalue weighted by Gasteiger charge is 2.24. The predicted octanol–water partition coefficient (Wildman–Crippen LogP) is 7.13. The molecule has 3 aromatic heterocycles. The SMILES string of the molecule is C=C(c1cc2cnc(Nc3ccc(OC4CCCN(C)C4)cc3)nc2n(Cc2ccsc2C2=CCCC2)c1=O)C1CCOCC1. The fraction of sp³-hybridized carbons (Fsp3) is 0.417. The Labute approximate surface area is 268 Å². The van der Waals surface area contributed by atoms with Gasteiger partial charge in [0.05, 0.1) is 6.54 Å². The first-order chi connectivity index (χ1) is 22.0. The van der Waals surface area contributed by atoms with Crippen molar-refractivity contribution in [2.75, 3.05) is 38.7 Å². The molecular weight excluding hydrogens is 582 g/mol. The smallest absolute Gasteiger partial charge is 0.260 e. The van der Waals surface area contributed by atoms with Gasteiger partial charge in [-0.25, -0.2) is 4.98 Å². The number of rotatable bonds is 9. The molecule has 234 valence electrons. The number of benzene rings is 1. The van der Waals surface area contributed by atoms with Crippen LogP contribution in [0, 0.1) is 5.92 Å². The Morgan fingerprint density at radius 3 is 2.78 bits per heavy atom. The Bertz CT molecular complexity index is 1770. The van der Waals surface area contributed by atoms with Crippen LogP contribution >= 0.6 is 11.3 Å². The molecule has 0 saturated carbocycles. The lowest BCUT2D eigenvalue weighted by atomic mass is 9.88. The van der Waals surface area contributed by atoms with Crippen LogP contribution in [0.5, 0.6) is 5.75 Å². The Hall–Kier alpha value is -3.79. The first-order valence-electron chi connectivity index (χ1n) is 16.2. The van der Waals surface area contributed by atoms with Crippen molar-refractivity contribution in [2.24, 2.45) is 5.92 Å². The third-order valence-electron chi connectivity index (χ3n) is 9.29. The van der Waals surface area contributed by atoms with Gasteiger partial charge in [0, 0.05) is 47.5 Å². The number of pyridine rings is 1. The van der Waals surface area contributed by atoms with Gasteiger partial charge in [-0.3, -0.25) is 9.36 Å². The van der Waals surface area contributed by atoms with Gasteiger partial charge in [0.1, 0.15) is 17.5 Å². The minimum absolute atomic E-state index is 0.0592. The first kappa shape index (κ1) is 29.9. The monoisotopic (exact) mass is 623 g/mol. The van der Waals surface area contributed by atoms with E-state index in [1.165, 1.54) is 16.9 Å². The molecule has 45 heavy (non-hydrogen) atoms. The van der Waals surface area contributed by atoms with Gasteiger partial charge in [-0.15, -0.1) is 11.3 Å². The fourth-order valence-corrected chi connectivity index (χ4v) is 7.79. The maximum absolute atomic E-state index is 14.3. The summed E-state index contributed by atoms with van der Waals surface area (Å²) < 4.78 is 13.6. The van der Waals surface area contributed by atoms with Gasteiger partial charge >= 0.3 is 0 Å². The minimum atomic E-state index is -0.0592. The van der Waals surface area contributed by atoms with E-state index >= 15 is 0 Å². The van der Waals surface area contributed by atoms with E-state index in [-0.39, 0.29) is 17.6 Å². The molecule has 7 rings (SSSR count). The summed E-state index contributed by atoms with van der Waals surface area (Å²) in [4.78, 5) is 27.4. The molecule has 1 aliphatic carbocycles. The van der Waals surface area contributed by atoms with Crippen LogP contribution in [0.4, 0.5) is 11.6 Å². The Kier molecular flexibility index (Phi) is 8.83. The molecule has 0 bridgehead atoms. The molecule has 5 heterocycles. The van der Waals surface area contributed by atoms with Crippen molar-refractivity contribution in [2.45, 2.75) is 57.6 Å². The zero-order chi connectivity index (χ0) is 30.8. The van der Waals surface area contributed by atoms with Gasteiger partial charge in [0.15, 0.2) is 0 Å². The van der Waals surface area contributed by atoms with Gasteiger partial charge in [-0.1, -0.05) is 12.7 Å². The van der Waals surface area contributed by atoms with E-state index in [4.69, 9.17) is 14.5 Å². The molecule has 1 unspecified atom stereocenters. The first-order valence-corrected chi connectivity index (χ1v) is 17.1. The molecule has 3 aliphatic rings. The largest absolute Gasteiger partial charge is 0.489 e. The van der Waals surface area contributed by atoms with E-state index < -0.39 is 0 Å². The Morgan fingerprint density at radius 1 is 1.16 bits per heavy atom. The molecule has 1 N–H and O–H groups in total. The lowest BCUT2D eigenvalue weighted by Gasteiger charge is -2.30. The summed E-state index contributed by atoms with van der Waals surface area (Å²) in [5.74, 6) is 1.53. The molecule has 0 radical (unpaired) electrons. The van der Waals surface area contributed by atoms with Gasteiger partial charge in [-0.2, -0.15) is 4.98 Å². The standard InChI is InChI=1S/C36H41N5O3S/c1-24(25-13-17-43-18-14-25)32-20-28-21-37-36(38-29-9-11-30(12-10-29)44-31-8-5-16-40(2)23-31)39-34(28)41(35(32)42)22-27-15-19-45-33(27)26-6-3-4-7-26/h6,9-12,15,19-21,25,31H,1,3-5,7-8,13-14,16-18,22-23H2,2H3,(H,37,38,39). The molecule has 4 aromatic rings. The van der Waals surface area contributed by atoms with E-state index in [0.29, 0.717) is 36.9 Å². The third kappa shape index (κ3) is 6.61. The van der Waals surface area contributed by atoms with E-state index in [1.54, 1.807) is 11.3 Å². The summed E-state index contributed by atoms with van der Waals surface area (Å²) in [6.07, 6.45) is 11.7. The highest BCUT2D eigenvalue weighted by atomic mass is 32.1. The highest BCUT2D eigenvalue weighted by Crippen LogP contribution is 2.35. The van der Waals surface area contributed by atoms with E-state index in [9.17, 15) is 4.79 Å². The summed E-state index contributed by atoms with van der Waals surface area (Å²) in [6.45, 7) is 8.32. The second kappa shape index (κ2) is 13.3. The maximum Gasteiger partial charge on any atom is 0.260 e. The number of allylic oxidation sites excluding steroid dienone is 3. The zero-order valence-corrected chi connectivity index (χ0v) is 26.8. The van der Waals surface area contributed by atoms with Gasteiger partial charge < -0.3 is 19.7 Å². The topological polar surface area (TPSA) is 81.5 Å². The molecule has 2 fully saturated rings. The Morgan fingerprint density at radius 2 is 2.00 bits per heavy atom. The number of likely N-dealkylation sites (N-methyl/N-ethyl adjacent to an activating group) is 1. The number of nitrogens with zero attached hydrogens (tertiary/aromatic N) is 4. The van der Waals surface area contributed by atoms with Crippen molar-refractivity contribution in [3.8, 4) is 5.75 Å². The van der Waals surface area contributed by atoms with Crippen molar-refractivity contribution in [1.29, 1.82) is 0 Å². The summed E-state index contributed by atoms with van der Waals surface area (Å²) in [5.41, 5.74) is 5.48. The number of nitrogens with one attached hydrogen (secondary N) is 1. The minimum Gasteiger partial charge on any atom is -0.489 e. The number of aromatic nitrogens is 3. The lowest BCUT2D eigenvalue weighted by Crippen LogP contribution is -2.38. The van der Waals surface area contributed by atoms with Crippen molar-refractivity contribution >= 4 is 45.2 Å². The van der Waals surface area contributed by atoms with Crippen LogP contribution in [0.2, 0.25) is 0 Å². The zero-order valence-electron chi connectivity index (χ0n) is 26.0. The van der Waals surface area contributed by atoms with Crippen molar-refractivity contribution in [3.05, 3.63) is 87.0 Å². The number of thiophene rings is 1. The number of hydrogen-bond donors (Lipinski definition) is 1. The maximum atomic E-state index is 14.3. The Balaban J connectivity index is 1.20. The second-order valence-electron chi connectivity index (χ2n) is 12.5. The molecule has 1 atom stereocenters. The summed E-state index contributed by atoms with van der Waals surface area (Å²) >= 11 is 1.75. The van der Waals surface area contributed by atoms with Crippen molar-refractivity contribution in [3.63, 3.8) is 0 Å². The normalized spacial score (nSPS) is 19.5. The van der Waals surface area contributed by atoms with Crippen LogP contribution in [0.15, 0.2) is 65.4 Å². The molecule has 0 spiro atoms.